The summed E-state index contributed by atoms with van der Waals surface area (Å²) in [7, 11) is 0. The molecule has 0 aliphatic carbocycles. The van der Waals surface area contributed by atoms with Crippen LogP contribution in [0.1, 0.15) is 33.1 Å². The molecule has 0 aromatic carbocycles. The lowest BCUT2D eigenvalue weighted by atomic mass is 9.82. The Morgan fingerprint density at radius 3 is 3.13 bits per heavy atom. The molecule has 2 fully saturated rings. The van der Waals surface area contributed by atoms with E-state index >= 15 is 0 Å². The molecule has 2 aliphatic heterocycles. The Balaban J connectivity index is 1.91. The lowest BCUT2D eigenvalue weighted by Gasteiger charge is -2.40. The van der Waals surface area contributed by atoms with Crippen molar-refractivity contribution in [2.24, 2.45) is 5.92 Å². The molecule has 2 saturated heterocycles. The van der Waals surface area contributed by atoms with Crippen LogP contribution in [0.2, 0.25) is 0 Å². The van der Waals surface area contributed by atoms with Crippen molar-refractivity contribution in [1.29, 1.82) is 0 Å². The van der Waals surface area contributed by atoms with Crippen LogP contribution in [0.4, 0.5) is 0 Å². The first-order valence-electron chi connectivity index (χ1n) is 6.21. The fourth-order valence-electron chi connectivity index (χ4n) is 2.84. The zero-order chi connectivity index (χ0) is 10.7. The van der Waals surface area contributed by atoms with E-state index in [1.807, 2.05) is 0 Å². The second kappa shape index (κ2) is 5.07. The van der Waals surface area contributed by atoms with Gasteiger partial charge in [0.05, 0.1) is 5.60 Å². The zero-order valence-corrected chi connectivity index (χ0v) is 10.7. The van der Waals surface area contributed by atoms with Gasteiger partial charge in [0.25, 0.3) is 0 Å². The molecule has 2 heterocycles. The number of thioether (sulfide) groups is 1. The molecule has 0 aromatic rings. The third kappa shape index (κ3) is 2.69. The summed E-state index contributed by atoms with van der Waals surface area (Å²) in [5.74, 6) is 3.34. The summed E-state index contributed by atoms with van der Waals surface area (Å²) in [5, 5.41) is 3.56. The highest BCUT2D eigenvalue weighted by atomic mass is 32.2. The lowest BCUT2D eigenvalue weighted by Crippen LogP contribution is -2.46. The summed E-state index contributed by atoms with van der Waals surface area (Å²) in [5.41, 5.74) is 0.247. The van der Waals surface area contributed by atoms with E-state index in [2.05, 4.69) is 30.9 Å². The van der Waals surface area contributed by atoms with Crippen molar-refractivity contribution in [3.05, 3.63) is 0 Å². The fraction of sp³-hybridized carbons (Fsp3) is 1.00. The van der Waals surface area contributed by atoms with Crippen LogP contribution in [0.3, 0.4) is 0 Å². The molecule has 15 heavy (non-hydrogen) atoms. The van der Waals surface area contributed by atoms with Gasteiger partial charge in [-0.3, -0.25) is 0 Å². The van der Waals surface area contributed by atoms with Gasteiger partial charge in [0.1, 0.15) is 0 Å². The molecule has 3 heteroatoms. The minimum Gasteiger partial charge on any atom is -0.374 e. The first kappa shape index (κ1) is 11.7. The monoisotopic (exact) mass is 229 g/mol. The van der Waals surface area contributed by atoms with Gasteiger partial charge in [-0.15, -0.1) is 0 Å². The maximum atomic E-state index is 6.04. The predicted octanol–water partition coefficient (Wildman–Crippen LogP) is 2.29. The van der Waals surface area contributed by atoms with Crippen LogP contribution >= 0.6 is 11.8 Å². The molecular formula is C12H23NOS. The summed E-state index contributed by atoms with van der Waals surface area (Å²) in [6.45, 7) is 6.58. The van der Waals surface area contributed by atoms with Crippen LogP contribution in [0.25, 0.3) is 0 Å². The van der Waals surface area contributed by atoms with Gasteiger partial charge >= 0.3 is 0 Å². The third-order valence-corrected chi connectivity index (χ3v) is 5.05. The average Bonchev–Trinajstić information content (AvgIpc) is 2.67. The van der Waals surface area contributed by atoms with Gasteiger partial charge in [-0.2, -0.15) is 11.8 Å². The Labute approximate surface area is 97.5 Å². The van der Waals surface area contributed by atoms with Crippen molar-refractivity contribution in [2.75, 3.05) is 24.7 Å². The van der Waals surface area contributed by atoms with Gasteiger partial charge in [0.15, 0.2) is 0 Å². The number of nitrogens with one attached hydrogen (secondary N) is 1. The summed E-state index contributed by atoms with van der Waals surface area (Å²) < 4.78 is 6.04. The molecule has 2 aliphatic rings. The van der Waals surface area contributed by atoms with Crippen molar-refractivity contribution < 1.29 is 4.74 Å². The van der Waals surface area contributed by atoms with Crippen molar-refractivity contribution in [1.82, 2.24) is 5.32 Å². The normalized spacial score (nSPS) is 38.4. The quantitative estimate of drug-likeness (QED) is 0.802. The summed E-state index contributed by atoms with van der Waals surface area (Å²) >= 11 is 2.06. The van der Waals surface area contributed by atoms with Gasteiger partial charge < -0.3 is 10.1 Å². The van der Waals surface area contributed by atoms with Crippen LogP contribution in [0.5, 0.6) is 0 Å². The van der Waals surface area contributed by atoms with Gasteiger partial charge in [-0.1, -0.05) is 6.92 Å². The van der Waals surface area contributed by atoms with Crippen LogP contribution < -0.4 is 5.32 Å². The van der Waals surface area contributed by atoms with E-state index in [0.29, 0.717) is 6.04 Å². The van der Waals surface area contributed by atoms with E-state index in [4.69, 9.17) is 4.74 Å². The largest absolute Gasteiger partial charge is 0.374 e. The Bertz CT molecular complexity index is 204. The van der Waals surface area contributed by atoms with Crippen molar-refractivity contribution in [3.8, 4) is 0 Å². The number of hydrogen-bond donors (Lipinski definition) is 1. The second-order valence-corrected chi connectivity index (χ2v) is 6.04. The highest BCUT2D eigenvalue weighted by Crippen LogP contribution is 2.41. The molecule has 88 valence electrons. The van der Waals surface area contributed by atoms with Crippen LogP contribution in [-0.2, 0) is 4.74 Å². The Hall–Kier alpha value is 0.270. The molecule has 0 radical (unpaired) electrons. The second-order valence-electron chi connectivity index (χ2n) is 4.93. The topological polar surface area (TPSA) is 21.3 Å². The van der Waals surface area contributed by atoms with Gasteiger partial charge in [0, 0.05) is 18.4 Å². The van der Waals surface area contributed by atoms with E-state index in [9.17, 15) is 0 Å². The minimum absolute atomic E-state index is 0.247. The highest BCUT2D eigenvalue weighted by Gasteiger charge is 2.41. The number of rotatable bonds is 3. The van der Waals surface area contributed by atoms with Crippen molar-refractivity contribution in [3.63, 3.8) is 0 Å². The summed E-state index contributed by atoms with van der Waals surface area (Å²) in [4.78, 5) is 0. The molecule has 1 N–H and O–H groups in total. The summed E-state index contributed by atoms with van der Waals surface area (Å²) in [6, 6.07) is 0.654. The molecule has 0 aromatic heterocycles. The maximum absolute atomic E-state index is 6.04. The lowest BCUT2D eigenvalue weighted by molar-refractivity contribution is -0.0840. The van der Waals surface area contributed by atoms with Gasteiger partial charge in [0.2, 0.25) is 0 Å². The van der Waals surface area contributed by atoms with E-state index in [-0.39, 0.29) is 5.60 Å². The van der Waals surface area contributed by atoms with E-state index in [1.165, 1.54) is 30.8 Å². The number of ether oxygens (including phenoxy) is 1. The van der Waals surface area contributed by atoms with Crippen molar-refractivity contribution in [2.45, 2.75) is 44.8 Å². The Kier molecular flexibility index (Phi) is 3.97. The number of hydrogen-bond acceptors (Lipinski definition) is 3. The van der Waals surface area contributed by atoms with Gasteiger partial charge in [-0.25, -0.2) is 0 Å². The van der Waals surface area contributed by atoms with E-state index in [1.54, 1.807) is 0 Å². The van der Waals surface area contributed by atoms with Crippen LogP contribution in [0, 0.1) is 5.92 Å². The smallest absolute Gasteiger partial charge is 0.0783 e. The molecular weight excluding hydrogens is 206 g/mol. The van der Waals surface area contributed by atoms with E-state index in [0.717, 1.165) is 19.1 Å². The fourth-order valence-corrected chi connectivity index (χ4v) is 4.22. The predicted molar refractivity (Wildman–Crippen MR) is 66.5 cm³/mol. The molecule has 0 amide bonds. The molecule has 2 nitrogen and oxygen atoms in total. The highest BCUT2D eigenvalue weighted by molar-refractivity contribution is 7.99. The van der Waals surface area contributed by atoms with Crippen LogP contribution in [-0.4, -0.2) is 36.3 Å². The third-order valence-electron chi connectivity index (χ3n) is 3.83. The molecule has 0 saturated carbocycles. The zero-order valence-electron chi connectivity index (χ0n) is 9.92. The SMILES string of the molecule is CCNC(C)C1CCOC2(CCSC2)C1. The first-order chi connectivity index (χ1) is 7.26. The molecule has 2 rings (SSSR count). The minimum atomic E-state index is 0.247. The summed E-state index contributed by atoms with van der Waals surface area (Å²) in [6.07, 6.45) is 3.78. The molecule has 3 unspecified atom stereocenters. The average molecular weight is 229 g/mol. The maximum Gasteiger partial charge on any atom is 0.0783 e. The molecule has 1 spiro atoms. The van der Waals surface area contributed by atoms with E-state index < -0.39 is 0 Å². The van der Waals surface area contributed by atoms with Crippen LogP contribution in [0.15, 0.2) is 0 Å². The molecule has 3 atom stereocenters. The Morgan fingerprint density at radius 2 is 2.47 bits per heavy atom. The van der Waals surface area contributed by atoms with Crippen molar-refractivity contribution >= 4 is 11.8 Å². The first-order valence-corrected chi connectivity index (χ1v) is 7.36. The molecule has 0 bridgehead atoms. The van der Waals surface area contributed by atoms with Gasteiger partial charge in [-0.05, 0) is 44.4 Å². The standard InChI is InChI=1S/C12H23NOS/c1-3-13-10(2)11-4-6-14-12(8-11)5-7-15-9-12/h10-11,13H,3-9H2,1-2H3. The Morgan fingerprint density at radius 1 is 1.60 bits per heavy atom.